The Balaban J connectivity index is 2.45. The van der Waals surface area contributed by atoms with Crippen LogP contribution in [0.15, 0.2) is 24.3 Å². The summed E-state index contributed by atoms with van der Waals surface area (Å²) in [4.78, 5) is 13.1. The van der Waals surface area contributed by atoms with Crippen LogP contribution in [0.2, 0.25) is 0 Å². The van der Waals surface area contributed by atoms with Crippen molar-refractivity contribution in [3.05, 3.63) is 24.3 Å². The molecular weight excluding hydrogens is 204 g/mol. The van der Waals surface area contributed by atoms with Gasteiger partial charge in [0.05, 0.1) is 0 Å². The Morgan fingerprint density at radius 3 is 2.50 bits per heavy atom. The molecule has 0 saturated heterocycles. The highest BCUT2D eigenvalue weighted by atomic mass is 16.5. The number of carbonyl (C=O) groups is 1. The molecule has 1 aromatic carbocycles. The fraction of sp³-hybridized carbons (Fsp3) is 0.417. The molecule has 0 atom stereocenters. The molecule has 16 heavy (non-hydrogen) atoms. The maximum atomic E-state index is 11.5. The molecule has 4 nitrogen and oxygen atoms in total. The van der Waals surface area contributed by atoms with Gasteiger partial charge in [0, 0.05) is 26.3 Å². The van der Waals surface area contributed by atoms with E-state index in [1.165, 1.54) is 0 Å². The van der Waals surface area contributed by atoms with Crippen molar-refractivity contribution in [2.24, 2.45) is 0 Å². The largest absolute Gasteiger partial charge is 0.484 e. The van der Waals surface area contributed by atoms with Crippen molar-refractivity contribution in [1.29, 1.82) is 0 Å². The van der Waals surface area contributed by atoms with Crippen LogP contribution in [-0.4, -0.2) is 38.1 Å². The van der Waals surface area contributed by atoms with Gasteiger partial charge in [-0.25, -0.2) is 0 Å². The summed E-state index contributed by atoms with van der Waals surface area (Å²) in [5, 5.41) is 3.02. The van der Waals surface area contributed by atoms with Crippen LogP contribution in [0.1, 0.15) is 6.92 Å². The lowest BCUT2D eigenvalue weighted by atomic mass is 10.3. The van der Waals surface area contributed by atoms with Gasteiger partial charge in [-0.15, -0.1) is 0 Å². The molecule has 4 heteroatoms. The average Bonchev–Trinajstić information content (AvgIpc) is 2.35. The lowest BCUT2D eigenvalue weighted by molar-refractivity contribution is -0.131. The van der Waals surface area contributed by atoms with Crippen LogP contribution in [-0.2, 0) is 4.79 Å². The molecule has 0 aliphatic carbocycles. The van der Waals surface area contributed by atoms with E-state index in [4.69, 9.17) is 4.74 Å². The summed E-state index contributed by atoms with van der Waals surface area (Å²) in [6, 6.07) is 7.49. The van der Waals surface area contributed by atoms with Gasteiger partial charge in [0.2, 0.25) is 0 Å². The van der Waals surface area contributed by atoms with Crippen LogP contribution in [0.4, 0.5) is 5.69 Å². The molecule has 0 fully saturated rings. The first-order valence-corrected chi connectivity index (χ1v) is 5.32. The van der Waals surface area contributed by atoms with Crippen molar-refractivity contribution in [2.75, 3.05) is 32.6 Å². The molecular formula is C12H18N2O2. The number of nitrogens with zero attached hydrogens (tertiary/aromatic N) is 1. The van der Waals surface area contributed by atoms with E-state index in [2.05, 4.69) is 5.32 Å². The zero-order valence-corrected chi connectivity index (χ0v) is 9.99. The second-order valence-electron chi connectivity index (χ2n) is 3.47. The molecule has 1 N–H and O–H groups in total. The lowest BCUT2D eigenvalue weighted by Crippen LogP contribution is -2.31. The van der Waals surface area contributed by atoms with Gasteiger partial charge in [-0.2, -0.15) is 0 Å². The first kappa shape index (κ1) is 12.4. The maximum Gasteiger partial charge on any atom is 0.260 e. The van der Waals surface area contributed by atoms with Gasteiger partial charge < -0.3 is 15.0 Å². The Morgan fingerprint density at radius 1 is 1.38 bits per heavy atom. The summed E-state index contributed by atoms with van der Waals surface area (Å²) in [5.74, 6) is 0.692. The standard InChI is InChI=1S/C12H18N2O2/c1-4-14(3)12(15)9-16-11-7-5-10(13-2)6-8-11/h5-8,13H,4,9H2,1-3H3. The molecule has 0 aliphatic rings. The van der Waals surface area contributed by atoms with E-state index >= 15 is 0 Å². The highest BCUT2D eigenvalue weighted by Gasteiger charge is 2.06. The molecule has 1 aromatic rings. The molecule has 0 aliphatic heterocycles. The van der Waals surface area contributed by atoms with E-state index in [9.17, 15) is 4.79 Å². The van der Waals surface area contributed by atoms with E-state index in [1.807, 2.05) is 38.2 Å². The average molecular weight is 222 g/mol. The van der Waals surface area contributed by atoms with Crippen molar-refractivity contribution in [3.63, 3.8) is 0 Å². The third kappa shape index (κ3) is 3.46. The number of anilines is 1. The minimum Gasteiger partial charge on any atom is -0.484 e. The monoisotopic (exact) mass is 222 g/mol. The highest BCUT2D eigenvalue weighted by molar-refractivity contribution is 5.77. The quantitative estimate of drug-likeness (QED) is 0.822. The number of hydrogen-bond acceptors (Lipinski definition) is 3. The third-order valence-electron chi connectivity index (χ3n) is 2.41. The lowest BCUT2D eigenvalue weighted by Gasteiger charge is -2.14. The number of nitrogens with one attached hydrogen (secondary N) is 1. The van der Waals surface area contributed by atoms with E-state index < -0.39 is 0 Å². The van der Waals surface area contributed by atoms with Gasteiger partial charge in [-0.3, -0.25) is 4.79 Å². The first-order chi connectivity index (χ1) is 7.67. The van der Waals surface area contributed by atoms with Gasteiger partial charge in [0.15, 0.2) is 6.61 Å². The summed E-state index contributed by atoms with van der Waals surface area (Å²) >= 11 is 0. The smallest absolute Gasteiger partial charge is 0.260 e. The second-order valence-corrected chi connectivity index (χ2v) is 3.47. The SMILES string of the molecule is CCN(C)C(=O)COc1ccc(NC)cc1. The van der Waals surface area contributed by atoms with Crippen LogP contribution in [0.5, 0.6) is 5.75 Å². The fourth-order valence-electron chi connectivity index (χ4n) is 1.15. The molecule has 0 aromatic heterocycles. The number of hydrogen-bond donors (Lipinski definition) is 1. The zero-order valence-electron chi connectivity index (χ0n) is 9.99. The Bertz CT molecular complexity index is 335. The first-order valence-electron chi connectivity index (χ1n) is 5.32. The predicted octanol–water partition coefficient (Wildman–Crippen LogP) is 1.59. The van der Waals surface area contributed by atoms with E-state index in [0.717, 1.165) is 5.69 Å². The molecule has 0 bridgehead atoms. The molecule has 0 unspecified atom stereocenters. The van der Waals surface area contributed by atoms with Crippen LogP contribution < -0.4 is 10.1 Å². The Kier molecular flexibility index (Phi) is 4.64. The minimum absolute atomic E-state index is 0.0137. The molecule has 1 rings (SSSR count). The normalized spacial score (nSPS) is 9.69. The Hall–Kier alpha value is -1.71. The second kappa shape index (κ2) is 6.00. The predicted molar refractivity (Wildman–Crippen MR) is 64.8 cm³/mol. The molecule has 0 radical (unpaired) electrons. The number of ether oxygens (including phenoxy) is 1. The maximum absolute atomic E-state index is 11.5. The van der Waals surface area contributed by atoms with Crippen LogP contribution in [0, 0.1) is 0 Å². The van der Waals surface area contributed by atoms with Crippen molar-refractivity contribution in [2.45, 2.75) is 6.92 Å². The number of rotatable bonds is 5. The van der Waals surface area contributed by atoms with Gasteiger partial charge in [-0.05, 0) is 31.2 Å². The van der Waals surface area contributed by atoms with Crippen LogP contribution in [0.25, 0.3) is 0 Å². The highest BCUT2D eigenvalue weighted by Crippen LogP contribution is 2.14. The van der Waals surface area contributed by atoms with Gasteiger partial charge in [0.1, 0.15) is 5.75 Å². The summed E-state index contributed by atoms with van der Waals surface area (Å²) in [6.07, 6.45) is 0. The summed E-state index contributed by atoms with van der Waals surface area (Å²) in [5.41, 5.74) is 1.02. The van der Waals surface area contributed by atoms with Crippen molar-refractivity contribution < 1.29 is 9.53 Å². The van der Waals surface area contributed by atoms with Gasteiger partial charge >= 0.3 is 0 Å². The van der Waals surface area contributed by atoms with Gasteiger partial charge in [-0.1, -0.05) is 0 Å². The Morgan fingerprint density at radius 2 is 2.00 bits per heavy atom. The van der Waals surface area contributed by atoms with Crippen molar-refractivity contribution in [3.8, 4) is 5.75 Å². The number of benzene rings is 1. The third-order valence-corrected chi connectivity index (χ3v) is 2.41. The summed E-state index contributed by atoms with van der Waals surface area (Å²) < 4.78 is 5.37. The number of carbonyl (C=O) groups excluding carboxylic acids is 1. The van der Waals surface area contributed by atoms with Crippen molar-refractivity contribution in [1.82, 2.24) is 4.90 Å². The van der Waals surface area contributed by atoms with Gasteiger partial charge in [0.25, 0.3) is 5.91 Å². The van der Waals surface area contributed by atoms with Crippen LogP contribution >= 0.6 is 0 Å². The molecule has 0 heterocycles. The summed E-state index contributed by atoms with van der Waals surface area (Å²) in [6.45, 7) is 2.71. The number of likely N-dealkylation sites (N-methyl/N-ethyl adjacent to an activating group) is 1. The van der Waals surface area contributed by atoms with Crippen molar-refractivity contribution >= 4 is 11.6 Å². The summed E-state index contributed by atoms with van der Waals surface area (Å²) in [7, 11) is 3.62. The topological polar surface area (TPSA) is 41.6 Å². The van der Waals surface area contributed by atoms with E-state index in [-0.39, 0.29) is 12.5 Å². The molecule has 0 spiro atoms. The minimum atomic E-state index is -0.0137. The molecule has 88 valence electrons. The number of amides is 1. The fourth-order valence-corrected chi connectivity index (χ4v) is 1.15. The van der Waals surface area contributed by atoms with Crippen LogP contribution in [0.3, 0.4) is 0 Å². The Labute approximate surface area is 96.2 Å². The molecule has 0 saturated carbocycles. The van der Waals surface area contributed by atoms with E-state index in [0.29, 0.717) is 12.3 Å². The molecule has 1 amide bonds. The van der Waals surface area contributed by atoms with E-state index in [1.54, 1.807) is 11.9 Å². The zero-order chi connectivity index (χ0) is 12.0.